The van der Waals surface area contributed by atoms with E-state index in [1.165, 1.54) is 11.3 Å². The Morgan fingerprint density at radius 2 is 1.86 bits per heavy atom. The van der Waals surface area contributed by atoms with E-state index in [4.69, 9.17) is 4.74 Å². The number of thiazole rings is 1. The lowest BCUT2D eigenvalue weighted by atomic mass is 10.1. The van der Waals surface area contributed by atoms with Gasteiger partial charge < -0.3 is 25.4 Å². The predicted molar refractivity (Wildman–Crippen MR) is 140 cm³/mol. The van der Waals surface area contributed by atoms with Crippen LogP contribution < -0.4 is 15.5 Å². The third-order valence-electron chi connectivity index (χ3n) is 6.11. The largest absolute Gasteiger partial charge is 0.351 e. The molecule has 8 nitrogen and oxygen atoms in total. The first-order valence-corrected chi connectivity index (χ1v) is 13.0. The summed E-state index contributed by atoms with van der Waals surface area (Å²) < 4.78 is 5.78. The van der Waals surface area contributed by atoms with Gasteiger partial charge in [-0.2, -0.15) is 0 Å². The molecule has 0 bridgehead atoms. The number of ether oxygens (including phenoxy) is 1. The lowest BCUT2D eigenvalue weighted by molar-refractivity contribution is -0.168. The minimum absolute atomic E-state index is 0.0602. The van der Waals surface area contributed by atoms with Crippen LogP contribution in [0.25, 0.3) is 11.3 Å². The summed E-state index contributed by atoms with van der Waals surface area (Å²) in [5, 5.41) is 19.1. The minimum Gasteiger partial charge on any atom is -0.351 e. The summed E-state index contributed by atoms with van der Waals surface area (Å²) >= 11 is 1.33. The Morgan fingerprint density at radius 1 is 1.14 bits per heavy atom. The molecule has 2 aliphatic rings. The van der Waals surface area contributed by atoms with E-state index in [0.717, 1.165) is 29.7 Å². The number of amides is 2. The Balaban J connectivity index is 1.28. The van der Waals surface area contributed by atoms with Gasteiger partial charge in [-0.25, -0.2) is 4.98 Å². The molecule has 1 fully saturated rings. The highest BCUT2D eigenvalue weighted by Crippen LogP contribution is 2.35. The molecule has 0 saturated heterocycles. The van der Waals surface area contributed by atoms with Gasteiger partial charge in [0, 0.05) is 34.7 Å². The first kappa shape index (κ1) is 24.4. The number of nitrogens with zero attached hydrogens (tertiary/aromatic N) is 2. The zero-order valence-corrected chi connectivity index (χ0v) is 21.3. The van der Waals surface area contributed by atoms with Crippen LogP contribution >= 0.6 is 11.3 Å². The topological polar surface area (TPSA) is 104 Å². The summed E-state index contributed by atoms with van der Waals surface area (Å²) in [6, 6.07) is 14.6. The van der Waals surface area contributed by atoms with E-state index in [1.807, 2.05) is 62.5 Å². The van der Waals surface area contributed by atoms with E-state index in [2.05, 4.69) is 15.6 Å². The molecular formula is C27H30N4O4S. The number of para-hydroxylation sites is 1. The van der Waals surface area contributed by atoms with E-state index < -0.39 is 18.1 Å². The van der Waals surface area contributed by atoms with Gasteiger partial charge in [0.1, 0.15) is 6.04 Å². The fourth-order valence-electron chi connectivity index (χ4n) is 4.22. The number of fused-ring (bicyclic) bond motifs is 1. The molecule has 1 aliphatic heterocycles. The van der Waals surface area contributed by atoms with Crippen molar-refractivity contribution in [2.45, 2.75) is 64.1 Å². The number of benzene rings is 2. The molecule has 0 spiro atoms. The summed E-state index contributed by atoms with van der Waals surface area (Å²) in [6.07, 6.45) is 1.27. The van der Waals surface area contributed by atoms with Crippen molar-refractivity contribution in [2.24, 2.45) is 0 Å². The molecule has 1 saturated carbocycles. The molecule has 188 valence electrons. The average molecular weight is 507 g/mol. The third-order valence-corrected chi connectivity index (χ3v) is 6.87. The molecule has 9 heteroatoms. The van der Waals surface area contributed by atoms with Crippen LogP contribution in [0.3, 0.4) is 0 Å². The first-order chi connectivity index (χ1) is 17.2. The molecule has 3 aromatic rings. The van der Waals surface area contributed by atoms with Crippen LogP contribution in [-0.2, 0) is 16.0 Å². The highest BCUT2D eigenvalue weighted by Gasteiger charge is 2.40. The maximum Gasteiger partial charge on any atom is 0.251 e. The Morgan fingerprint density at radius 3 is 2.56 bits per heavy atom. The van der Waals surface area contributed by atoms with Crippen LogP contribution in [0.2, 0.25) is 0 Å². The van der Waals surface area contributed by atoms with Crippen molar-refractivity contribution in [1.29, 1.82) is 0 Å². The standard InChI is InChI=1S/C27H30N4O4S/c1-27(2,3)35-26(34)31-21-7-5-4-6-18(21)14-22(31)24(33)30-25-29-20(15-36-25)16-8-10-17(11-9-16)23(32)28-19-12-13-19/h4-11,15,19,22,26,34H,12-14H2,1-3H3,(H,28,32)(H,29,30,33)/t22-,26?/m0/s1. The first-order valence-electron chi connectivity index (χ1n) is 12.1. The van der Waals surface area contributed by atoms with Gasteiger partial charge in [0.25, 0.3) is 5.91 Å². The van der Waals surface area contributed by atoms with Gasteiger partial charge in [-0.05, 0) is 57.4 Å². The van der Waals surface area contributed by atoms with Gasteiger partial charge in [-0.3, -0.25) is 9.59 Å². The highest BCUT2D eigenvalue weighted by molar-refractivity contribution is 7.14. The van der Waals surface area contributed by atoms with Gasteiger partial charge in [0.2, 0.25) is 12.3 Å². The fraction of sp³-hybridized carbons (Fsp3) is 0.370. The normalized spacial score (nSPS) is 18.0. The van der Waals surface area contributed by atoms with Gasteiger partial charge >= 0.3 is 0 Å². The van der Waals surface area contributed by atoms with E-state index in [9.17, 15) is 14.7 Å². The molecule has 2 amide bonds. The number of aromatic nitrogens is 1. The van der Waals surface area contributed by atoms with Crippen LogP contribution in [-0.4, -0.2) is 46.0 Å². The van der Waals surface area contributed by atoms with Crippen molar-refractivity contribution in [3.05, 3.63) is 65.0 Å². The minimum atomic E-state index is -1.27. The molecule has 1 aromatic heterocycles. The lowest BCUT2D eigenvalue weighted by Crippen LogP contribution is -2.50. The van der Waals surface area contributed by atoms with Gasteiger partial charge in [0.15, 0.2) is 5.13 Å². The lowest BCUT2D eigenvalue weighted by Gasteiger charge is -2.34. The van der Waals surface area contributed by atoms with Gasteiger partial charge in [-0.15, -0.1) is 11.3 Å². The van der Waals surface area contributed by atoms with Gasteiger partial charge in [-0.1, -0.05) is 30.3 Å². The van der Waals surface area contributed by atoms with Crippen LogP contribution in [0.5, 0.6) is 0 Å². The van der Waals surface area contributed by atoms with E-state index in [0.29, 0.717) is 28.9 Å². The number of carbonyl (C=O) groups excluding carboxylic acids is 2. The Labute approximate surface area is 214 Å². The molecule has 5 rings (SSSR count). The number of hydrogen-bond donors (Lipinski definition) is 3. The molecule has 36 heavy (non-hydrogen) atoms. The van der Waals surface area contributed by atoms with Crippen molar-refractivity contribution in [2.75, 3.05) is 10.2 Å². The highest BCUT2D eigenvalue weighted by atomic mass is 32.1. The van der Waals surface area contributed by atoms with Crippen molar-refractivity contribution in [3.63, 3.8) is 0 Å². The molecule has 0 radical (unpaired) electrons. The van der Waals surface area contributed by atoms with Crippen LogP contribution in [0.4, 0.5) is 10.8 Å². The third kappa shape index (κ3) is 5.43. The number of anilines is 2. The monoisotopic (exact) mass is 506 g/mol. The summed E-state index contributed by atoms with van der Waals surface area (Å²) in [4.78, 5) is 31.7. The molecule has 2 heterocycles. The number of carbonyl (C=O) groups is 2. The van der Waals surface area contributed by atoms with Crippen LogP contribution in [0.15, 0.2) is 53.9 Å². The van der Waals surface area contributed by atoms with Crippen molar-refractivity contribution in [1.82, 2.24) is 10.3 Å². The van der Waals surface area contributed by atoms with Gasteiger partial charge in [0.05, 0.1) is 11.3 Å². The summed E-state index contributed by atoms with van der Waals surface area (Å²) in [6.45, 7) is 5.57. The van der Waals surface area contributed by atoms with E-state index in [1.54, 1.807) is 17.0 Å². The molecule has 3 N–H and O–H groups in total. The molecule has 1 aliphatic carbocycles. The maximum absolute atomic E-state index is 13.3. The fourth-order valence-corrected chi connectivity index (χ4v) is 4.94. The summed E-state index contributed by atoms with van der Waals surface area (Å²) in [5.41, 5.74) is 3.35. The number of nitrogens with one attached hydrogen (secondary N) is 2. The predicted octanol–water partition coefficient (Wildman–Crippen LogP) is 4.16. The van der Waals surface area contributed by atoms with Crippen LogP contribution in [0, 0.1) is 0 Å². The molecule has 1 unspecified atom stereocenters. The quantitative estimate of drug-likeness (QED) is 0.416. The Kier molecular flexibility index (Phi) is 6.55. The second-order valence-electron chi connectivity index (χ2n) is 10.2. The number of aliphatic hydroxyl groups excluding tert-OH is 1. The van der Waals surface area contributed by atoms with Crippen molar-refractivity contribution >= 4 is 34.0 Å². The smallest absolute Gasteiger partial charge is 0.251 e. The van der Waals surface area contributed by atoms with Crippen LogP contribution in [0.1, 0.15) is 49.5 Å². The number of aliphatic hydroxyl groups is 1. The molecule has 2 aromatic carbocycles. The summed E-state index contributed by atoms with van der Waals surface area (Å²) in [5.74, 6) is -0.328. The van der Waals surface area contributed by atoms with E-state index >= 15 is 0 Å². The molecular weight excluding hydrogens is 476 g/mol. The Bertz CT molecular complexity index is 1260. The maximum atomic E-state index is 13.3. The summed E-state index contributed by atoms with van der Waals surface area (Å²) in [7, 11) is 0. The zero-order valence-electron chi connectivity index (χ0n) is 20.5. The molecule has 2 atom stereocenters. The second kappa shape index (κ2) is 9.65. The number of hydrogen-bond acceptors (Lipinski definition) is 7. The van der Waals surface area contributed by atoms with Crippen molar-refractivity contribution in [3.8, 4) is 11.3 Å². The van der Waals surface area contributed by atoms with E-state index in [-0.39, 0.29) is 11.8 Å². The zero-order chi connectivity index (χ0) is 25.4. The number of rotatable bonds is 7. The Hall–Kier alpha value is -3.27. The SMILES string of the molecule is CC(C)(C)OC(O)N1c2ccccc2C[C@H]1C(=O)Nc1nc(-c2ccc(C(=O)NC3CC3)cc2)cs1. The second-order valence-corrected chi connectivity index (χ2v) is 11.0. The average Bonchev–Trinajstić information content (AvgIpc) is 3.37. The van der Waals surface area contributed by atoms with Crippen molar-refractivity contribution < 1.29 is 19.4 Å².